The number of rotatable bonds is 6. The largest absolute Gasteiger partial charge is 0.477 e. The van der Waals surface area contributed by atoms with Crippen LogP contribution >= 0.6 is 23.2 Å². The van der Waals surface area contributed by atoms with E-state index in [1.54, 1.807) is 55.6 Å². The minimum Gasteiger partial charge on any atom is -0.477 e. The van der Waals surface area contributed by atoms with Gasteiger partial charge in [-0.25, -0.2) is 0 Å². The highest BCUT2D eigenvalue weighted by atomic mass is 35.5. The van der Waals surface area contributed by atoms with Gasteiger partial charge in [0.25, 0.3) is 0 Å². The summed E-state index contributed by atoms with van der Waals surface area (Å²) >= 11 is 12.0. The first-order chi connectivity index (χ1) is 15.7. The molecule has 0 bridgehead atoms. The van der Waals surface area contributed by atoms with Gasteiger partial charge in [-0.05, 0) is 36.4 Å². The van der Waals surface area contributed by atoms with E-state index in [1.165, 1.54) is 0 Å². The summed E-state index contributed by atoms with van der Waals surface area (Å²) in [5.74, 6) is 0.523. The number of primary amides is 1. The third kappa shape index (κ3) is 7.69. The molecular formula is C21H20Cl2F3N5O2. The zero-order chi connectivity index (χ0) is 24.4. The first kappa shape index (κ1) is 26.0. The lowest BCUT2D eigenvalue weighted by Crippen LogP contribution is -2.16. The molecule has 0 atom stereocenters. The van der Waals surface area contributed by atoms with Crippen LogP contribution in [-0.2, 0) is 11.0 Å². The maximum absolute atomic E-state index is 13.2. The molecule has 0 fully saturated rings. The van der Waals surface area contributed by atoms with Crippen molar-refractivity contribution < 1.29 is 22.7 Å². The minimum atomic E-state index is -4.61. The van der Waals surface area contributed by atoms with Crippen molar-refractivity contribution in [2.75, 3.05) is 19.0 Å². The first-order valence-electron chi connectivity index (χ1n) is 9.38. The van der Waals surface area contributed by atoms with Crippen molar-refractivity contribution in [1.29, 1.82) is 0 Å². The number of nitrogens with zero attached hydrogens (tertiary/aromatic N) is 3. The van der Waals surface area contributed by atoms with Crippen LogP contribution in [0.15, 0.2) is 59.6 Å². The summed E-state index contributed by atoms with van der Waals surface area (Å²) < 4.78 is 46.2. The lowest BCUT2D eigenvalue weighted by Gasteiger charge is -2.12. The molecule has 0 radical (unpaired) electrons. The second-order valence-corrected chi connectivity index (χ2v) is 7.11. The Morgan fingerprint density at radius 1 is 1.21 bits per heavy atom. The maximum atomic E-state index is 13.2. The second kappa shape index (κ2) is 12.1. The Kier molecular flexibility index (Phi) is 9.56. The molecule has 3 aromatic rings. The van der Waals surface area contributed by atoms with Crippen LogP contribution in [-0.4, -0.2) is 35.7 Å². The summed E-state index contributed by atoms with van der Waals surface area (Å²) in [6.45, 7) is 0.0701. The van der Waals surface area contributed by atoms with Gasteiger partial charge >= 0.3 is 6.18 Å². The van der Waals surface area contributed by atoms with Crippen LogP contribution in [0, 0.1) is 0 Å². The Morgan fingerprint density at radius 2 is 1.85 bits per heavy atom. The molecule has 3 N–H and O–H groups in total. The number of hydrogen-bond acceptors (Lipinski definition) is 4. The Balaban J connectivity index is 0.00000122. The monoisotopic (exact) mass is 501 g/mol. The maximum Gasteiger partial charge on any atom is 0.435 e. The van der Waals surface area contributed by atoms with Gasteiger partial charge < -0.3 is 15.8 Å². The molecule has 12 heteroatoms. The number of nitrogens with one attached hydrogen (secondary N) is 1. The van der Waals surface area contributed by atoms with E-state index in [0.29, 0.717) is 17.3 Å². The molecule has 3 rings (SSSR count). The van der Waals surface area contributed by atoms with Crippen LogP contribution in [0.3, 0.4) is 0 Å². The Bertz CT molecular complexity index is 1090. The molecule has 7 nitrogen and oxygen atoms in total. The van der Waals surface area contributed by atoms with Gasteiger partial charge in [0, 0.05) is 30.2 Å². The van der Waals surface area contributed by atoms with Crippen LogP contribution in [0.25, 0.3) is 5.69 Å². The highest BCUT2D eigenvalue weighted by Crippen LogP contribution is 2.33. The molecule has 0 saturated carbocycles. The predicted molar refractivity (Wildman–Crippen MR) is 122 cm³/mol. The molecule has 0 unspecified atom stereocenters. The number of halogens is 5. The van der Waals surface area contributed by atoms with Crippen molar-refractivity contribution in [1.82, 2.24) is 9.78 Å². The molecule has 1 amide bonds. The van der Waals surface area contributed by atoms with E-state index in [4.69, 9.17) is 32.7 Å². The van der Waals surface area contributed by atoms with Gasteiger partial charge in [0.1, 0.15) is 5.84 Å². The molecule has 0 aliphatic carbocycles. The quantitative estimate of drug-likeness (QED) is 0.275. The van der Waals surface area contributed by atoms with E-state index >= 15 is 0 Å². The summed E-state index contributed by atoms with van der Waals surface area (Å²) in [4.78, 5) is 12.7. The number of carbonyl (C=O) groups is 1. The zero-order valence-electron chi connectivity index (χ0n) is 17.3. The number of carbonyl (C=O) groups excluding carboxylic acids is 1. The topological polar surface area (TPSA) is 94.5 Å². The van der Waals surface area contributed by atoms with Crippen LogP contribution in [0.2, 0.25) is 10.0 Å². The Labute approximate surface area is 198 Å². The summed E-state index contributed by atoms with van der Waals surface area (Å²) in [7, 11) is 1.61. The number of amides is 1. The number of aliphatic imine (C=N–C) groups is 1. The van der Waals surface area contributed by atoms with Crippen molar-refractivity contribution in [2.24, 2.45) is 10.7 Å². The molecule has 2 aromatic carbocycles. The van der Waals surface area contributed by atoms with Gasteiger partial charge in [0.05, 0.1) is 17.3 Å². The van der Waals surface area contributed by atoms with Crippen molar-refractivity contribution >= 4 is 41.1 Å². The third-order valence-corrected chi connectivity index (χ3v) is 4.61. The summed E-state index contributed by atoms with van der Waals surface area (Å²) in [6.07, 6.45) is -4.04. The number of benzene rings is 2. The van der Waals surface area contributed by atoms with Crippen molar-refractivity contribution in [3.63, 3.8) is 0 Å². The molecule has 1 aromatic heterocycles. The van der Waals surface area contributed by atoms with Crippen LogP contribution in [0.4, 0.5) is 18.9 Å². The summed E-state index contributed by atoms with van der Waals surface area (Å²) in [5.41, 5.74) is 4.16. The molecule has 0 aliphatic heterocycles. The molecule has 33 heavy (non-hydrogen) atoms. The first-order valence-corrected chi connectivity index (χ1v) is 10.1. The van der Waals surface area contributed by atoms with Crippen LogP contribution in [0.5, 0.6) is 5.88 Å². The highest BCUT2D eigenvalue weighted by molar-refractivity contribution is 6.32. The molecule has 0 aliphatic rings. The van der Waals surface area contributed by atoms with Gasteiger partial charge in [0.15, 0.2) is 5.69 Å². The van der Waals surface area contributed by atoms with Gasteiger partial charge in [-0.3, -0.25) is 9.79 Å². The van der Waals surface area contributed by atoms with E-state index in [1.807, 2.05) is 0 Å². The molecule has 1 heterocycles. The number of nitrogens with two attached hydrogens (primary N) is 1. The lowest BCUT2D eigenvalue weighted by atomic mass is 10.3. The number of anilines is 1. The Morgan fingerprint density at radius 3 is 2.42 bits per heavy atom. The zero-order valence-corrected chi connectivity index (χ0v) is 18.8. The molecule has 0 saturated heterocycles. The fourth-order valence-electron chi connectivity index (χ4n) is 2.58. The van der Waals surface area contributed by atoms with Crippen molar-refractivity contribution in [3.8, 4) is 11.6 Å². The van der Waals surface area contributed by atoms with Gasteiger partial charge in [0.2, 0.25) is 12.3 Å². The van der Waals surface area contributed by atoms with E-state index < -0.39 is 11.9 Å². The Hall–Kier alpha value is -3.24. The normalized spacial score (nSPS) is 11.4. The van der Waals surface area contributed by atoms with Crippen LogP contribution in [0.1, 0.15) is 12.1 Å². The fraction of sp³-hybridized carbons (Fsp3) is 0.190. The smallest absolute Gasteiger partial charge is 0.435 e. The molecular weight excluding hydrogens is 482 g/mol. The highest BCUT2D eigenvalue weighted by Gasteiger charge is 2.35. The van der Waals surface area contributed by atoms with E-state index in [2.05, 4.69) is 21.1 Å². The number of amidine groups is 1. The van der Waals surface area contributed by atoms with Gasteiger partial charge in [-0.1, -0.05) is 35.3 Å². The minimum absolute atomic E-state index is 0.0701. The van der Waals surface area contributed by atoms with Crippen molar-refractivity contribution in [2.45, 2.75) is 12.6 Å². The van der Waals surface area contributed by atoms with Gasteiger partial charge in [-0.15, -0.1) is 0 Å². The number of para-hydroxylation sites is 1. The summed E-state index contributed by atoms with van der Waals surface area (Å²) in [5, 5.41) is 7.60. The van der Waals surface area contributed by atoms with Gasteiger partial charge in [-0.2, -0.15) is 23.0 Å². The lowest BCUT2D eigenvalue weighted by molar-refractivity contribution is -0.141. The van der Waals surface area contributed by atoms with E-state index in [-0.39, 0.29) is 29.6 Å². The fourth-order valence-corrected chi connectivity index (χ4v) is 2.93. The SMILES string of the molecule is CN=C(CCOc1cc(C(F)(F)F)nn1-c1ccccc1Cl)Nc1ccc(Cl)cc1.NC=O. The second-order valence-electron chi connectivity index (χ2n) is 6.27. The average Bonchev–Trinajstić information content (AvgIpc) is 3.20. The van der Waals surface area contributed by atoms with Crippen LogP contribution < -0.4 is 15.8 Å². The average molecular weight is 502 g/mol. The predicted octanol–water partition coefficient (Wildman–Crippen LogP) is 5.21. The standard InChI is InChI=1S/C20H17Cl2F3N4O.CH3NO/c1-26-18(27-14-8-6-13(21)7-9-14)10-11-30-19-12-17(20(23,24)25)28-29(19)16-5-3-2-4-15(16)22;2-1-3/h2-9,12H,10-11H2,1H3,(H,26,27);1H,(H2,2,3). The number of aromatic nitrogens is 2. The molecule has 0 spiro atoms. The van der Waals surface area contributed by atoms with E-state index in [0.717, 1.165) is 16.4 Å². The number of alkyl halides is 3. The van der Waals surface area contributed by atoms with Crippen molar-refractivity contribution in [3.05, 3.63) is 70.3 Å². The number of hydrogen-bond donors (Lipinski definition) is 2. The third-order valence-electron chi connectivity index (χ3n) is 4.04. The number of ether oxygens (including phenoxy) is 1. The molecule has 176 valence electrons. The van der Waals surface area contributed by atoms with E-state index in [9.17, 15) is 13.2 Å². The summed E-state index contributed by atoms with van der Waals surface area (Å²) in [6, 6.07) is 14.3.